The number of amides is 1. The molecule has 1 rings (SSSR count). The molecule has 3 heteroatoms. The molecule has 21 heavy (non-hydrogen) atoms. The molecular formula is C18H26N2O. The van der Waals surface area contributed by atoms with Crippen LogP contribution in [-0.2, 0) is 11.2 Å². The Bertz CT molecular complexity index is 485. The molecule has 0 aliphatic rings. The number of hydrogen-bond donors (Lipinski definition) is 1. The first-order valence-electron chi connectivity index (χ1n) is 7.42. The number of carbonyl (C=O) groups is 1. The second kappa shape index (κ2) is 8.49. The Morgan fingerprint density at radius 2 is 1.90 bits per heavy atom. The largest absolute Gasteiger partial charge is 0.348 e. The first-order valence-corrected chi connectivity index (χ1v) is 7.42. The molecule has 114 valence electrons. The molecule has 0 unspecified atom stereocenters. The molecular weight excluding hydrogens is 260 g/mol. The van der Waals surface area contributed by atoms with Gasteiger partial charge in [-0.1, -0.05) is 44.0 Å². The van der Waals surface area contributed by atoms with Crippen molar-refractivity contribution in [1.82, 2.24) is 10.2 Å². The molecule has 0 fully saturated rings. The van der Waals surface area contributed by atoms with E-state index in [2.05, 4.69) is 49.4 Å². The van der Waals surface area contributed by atoms with Gasteiger partial charge in [0, 0.05) is 0 Å². The molecule has 0 spiro atoms. The zero-order chi connectivity index (χ0) is 15.8. The minimum Gasteiger partial charge on any atom is -0.348 e. The maximum atomic E-state index is 11.9. The SMILES string of the molecule is C#CCN(C)CC(=O)N[C@H](C)c1ccc(CC(C)C)cc1. The van der Waals surface area contributed by atoms with Crippen LogP contribution in [0, 0.1) is 18.3 Å². The van der Waals surface area contributed by atoms with E-state index in [-0.39, 0.29) is 11.9 Å². The summed E-state index contributed by atoms with van der Waals surface area (Å²) in [7, 11) is 1.84. The molecule has 0 aromatic heterocycles. The molecule has 0 radical (unpaired) electrons. The van der Waals surface area contributed by atoms with Crippen molar-refractivity contribution < 1.29 is 4.79 Å². The van der Waals surface area contributed by atoms with Crippen LogP contribution >= 0.6 is 0 Å². The maximum absolute atomic E-state index is 11.9. The van der Waals surface area contributed by atoms with E-state index in [1.54, 1.807) is 0 Å². The highest BCUT2D eigenvalue weighted by Gasteiger charge is 2.11. The molecule has 1 aromatic rings. The van der Waals surface area contributed by atoms with Crippen LogP contribution in [0.3, 0.4) is 0 Å². The van der Waals surface area contributed by atoms with E-state index in [0.29, 0.717) is 19.0 Å². The summed E-state index contributed by atoms with van der Waals surface area (Å²) in [6.07, 6.45) is 6.30. The highest BCUT2D eigenvalue weighted by Crippen LogP contribution is 2.15. The van der Waals surface area contributed by atoms with E-state index in [1.165, 1.54) is 5.56 Å². The van der Waals surface area contributed by atoms with Gasteiger partial charge in [0.05, 0.1) is 19.1 Å². The summed E-state index contributed by atoms with van der Waals surface area (Å²) >= 11 is 0. The van der Waals surface area contributed by atoms with Crippen molar-refractivity contribution in [3.05, 3.63) is 35.4 Å². The van der Waals surface area contributed by atoms with Gasteiger partial charge in [0.2, 0.25) is 5.91 Å². The fraction of sp³-hybridized carbons (Fsp3) is 0.500. The number of rotatable bonds is 7. The predicted molar refractivity (Wildman–Crippen MR) is 87.9 cm³/mol. The fourth-order valence-electron chi connectivity index (χ4n) is 2.24. The summed E-state index contributed by atoms with van der Waals surface area (Å²) in [5.41, 5.74) is 2.46. The standard InChI is InChI=1S/C18H26N2O/c1-6-11-20(5)13-18(21)19-15(4)17-9-7-16(8-10-17)12-14(2)3/h1,7-10,14-15H,11-13H2,2-5H3,(H,19,21)/t15-/m1/s1. The maximum Gasteiger partial charge on any atom is 0.234 e. The number of carbonyl (C=O) groups excluding carboxylic acids is 1. The summed E-state index contributed by atoms with van der Waals surface area (Å²) < 4.78 is 0. The molecule has 0 aliphatic heterocycles. The Morgan fingerprint density at radius 3 is 2.43 bits per heavy atom. The average molecular weight is 286 g/mol. The molecule has 0 saturated carbocycles. The van der Waals surface area contributed by atoms with Crippen LogP contribution in [0.15, 0.2) is 24.3 Å². The van der Waals surface area contributed by atoms with Gasteiger partial charge in [0.25, 0.3) is 0 Å². The highest BCUT2D eigenvalue weighted by atomic mass is 16.2. The number of likely N-dealkylation sites (N-methyl/N-ethyl adjacent to an activating group) is 1. The van der Waals surface area contributed by atoms with Gasteiger partial charge in [-0.3, -0.25) is 9.69 Å². The van der Waals surface area contributed by atoms with Crippen LogP contribution in [0.1, 0.15) is 37.9 Å². The van der Waals surface area contributed by atoms with Gasteiger partial charge in [-0.25, -0.2) is 0 Å². The summed E-state index contributed by atoms with van der Waals surface area (Å²) in [6.45, 7) is 7.22. The Morgan fingerprint density at radius 1 is 1.29 bits per heavy atom. The molecule has 1 amide bonds. The van der Waals surface area contributed by atoms with Crippen molar-refractivity contribution in [3.8, 4) is 12.3 Å². The van der Waals surface area contributed by atoms with Gasteiger partial charge in [0.15, 0.2) is 0 Å². The van der Waals surface area contributed by atoms with Crippen LogP contribution in [0.25, 0.3) is 0 Å². The number of nitrogens with zero attached hydrogens (tertiary/aromatic N) is 1. The molecule has 0 aliphatic carbocycles. The number of terminal acetylenes is 1. The van der Waals surface area contributed by atoms with Crippen LogP contribution < -0.4 is 5.32 Å². The summed E-state index contributed by atoms with van der Waals surface area (Å²) in [4.78, 5) is 13.7. The first-order chi connectivity index (χ1) is 9.92. The molecule has 0 heterocycles. The monoisotopic (exact) mass is 286 g/mol. The zero-order valence-corrected chi connectivity index (χ0v) is 13.5. The molecule has 0 bridgehead atoms. The van der Waals surface area contributed by atoms with Gasteiger partial charge >= 0.3 is 0 Å². The van der Waals surface area contributed by atoms with Crippen LogP contribution in [0.2, 0.25) is 0 Å². The van der Waals surface area contributed by atoms with Gasteiger partial charge in [0.1, 0.15) is 0 Å². The van der Waals surface area contributed by atoms with Crippen molar-refractivity contribution in [1.29, 1.82) is 0 Å². The predicted octanol–water partition coefficient (Wildman–Crippen LogP) is 2.63. The second-order valence-corrected chi connectivity index (χ2v) is 6.01. The van der Waals surface area contributed by atoms with E-state index in [0.717, 1.165) is 12.0 Å². The number of nitrogens with one attached hydrogen (secondary N) is 1. The third-order valence-electron chi connectivity index (χ3n) is 3.28. The lowest BCUT2D eigenvalue weighted by atomic mass is 10.00. The average Bonchev–Trinajstić information content (AvgIpc) is 2.38. The summed E-state index contributed by atoms with van der Waals surface area (Å²) in [5, 5.41) is 3.00. The van der Waals surface area contributed by atoms with Crippen molar-refractivity contribution in [3.63, 3.8) is 0 Å². The topological polar surface area (TPSA) is 32.3 Å². The first kappa shape index (κ1) is 17.3. The Kier molecular flexibility index (Phi) is 6.98. The molecule has 0 saturated heterocycles. The molecule has 1 aromatic carbocycles. The highest BCUT2D eigenvalue weighted by molar-refractivity contribution is 5.78. The van der Waals surface area contributed by atoms with Crippen LogP contribution in [0.4, 0.5) is 0 Å². The third kappa shape index (κ3) is 6.46. The minimum absolute atomic E-state index is 0.00448. The lowest BCUT2D eigenvalue weighted by Gasteiger charge is -2.18. The lowest BCUT2D eigenvalue weighted by molar-refractivity contribution is -0.122. The Labute approximate surface area is 128 Å². The number of benzene rings is 1. The smallest absolute Gasteiger partial charge is 0.234 e. The van der Waals surface area contributed by atoms with Crippen molar-refractivity contribution >= 4 is 5.91 Å². The molecule has 1 atom stereocenters. The van der Waals surface area contributed by atoms with E-state index in [1.807, 2.05) is 18.9 Å². The normalized spacial score (nSPS) is 12.2. The van der Waals surface area contributed by atoms with E-state index in [9.17, 15) is 4.79 Å². The number of hydrogen-bond acceptors (Lipinski definition) is 2. The van der Waals surface area contributed by atoms with Crippen LogP contribution in [0.5, 0.6) is 0 Å². The van der Waals surface area contributed by atoms with Crippen molar-refractivity contribution in [2.45, 2.75) is 33.2 Å². The van der Waals surface area contributed by atoms with E-state index < -0.39 is 0 Å². The Hall–Kier alpha value is -1.79. The van der Waals surface area contributed by atoms with E-state index in [4.69, 9.17) is 6.42 Å². The van der Waals surface area contributed by atoms with Gasteiger partial charge < -0.3 is 5.32 Å². The quantitative estimate of drug-likeness (QED) is 0.782. The summed E-state index contributed by atoms with van der Waals surface area (Å²) in [5.74, 6) is 3.17. The molecule has 3 nitrogen and oxygen atoms in total. The zero-order valence-electron chi connectivity index (χ0n) is 13.5. The second-order valence-electron chi connectivity index (χ2n) is 6.01. The van der Waals surface area contributed by atoms with Crippen molar-refractivity contribution in [2.75, 3.05) is 20.1 Å². The van der Waals surface area contributed by atoms with Crippen molar-refractivity contribution in [2.24, 2.45) is 5.92 Å². The lowest BCUT2D eigenvalue weighted by Crippen LogP contribution is -2.36. The third-order valence-corrected chi connectivity index (χ3v) is 3.28. The van der Waals surface area contributed by atoms with E-state index >= 15 is 0 Å². The molecule has 1 N–H and O–H groups in total. The van der Waals surface area contributed by atoms with Gasteiger partial charge in [-0.15, -0.1) is 6.42 Å². The van der Waals surface area contributed by atoms with Gasteiger partial charge in [-0.2, -0.15) is 0 Å². The van der Waals surface area contributed by atoms with Crippen LogP contribution in [-0.4, -0.2) is 30.9 Å². The Balaban J connectivity index is 2.53. The van der Waals surface area contributed by atoms with Gasteiger partial charge in [-0.05, 0) is 37.4 Å². The summed E-state index contributed by atoms with van der Waals surface area (Å²) in [6, 6.07) is 8.47. The minimum atomic E-state index is -0.00786. The fourth-order valence-corrected chi connectivity index (χ4v) is 2.24.